The van der Waals surface area contributed by atoms with Gasteiger partial charge in [-0.25, -0.2) is 8.42 Å². The van der Waals surface area contributed by atoms with Crippen LogP contribution in [0.4, 0.5) is 5.69 Å². The molecule has 0 aromatic heterocycles. The van der Waals surface area contributed by atoms with Crippen molar-refractivity contribution >= 4 is 43.5 Å². The third-order valence-corrected chi connectivity index (χ3v) is 8.88. The largest absolute Gasteiger partial charge is 0.354 e. The zero-order valence-corrected chi connectivity index (χ0v) is 26.3. The van der Waals surface area contributed by atoms with Crippen LogP contribution in [-0.2, 0) is 26.2 Å². The Labute approximate surface area is 246 Å². The van der Waals surface area contributed by atoms with Gasteiger partial charge in [0.2, 0.25) is 11.8 Å². The Hall–Kier alpha value is -3.17. The molecule has 0 radical (unpaired) electrons. The molecule has 0 saturated carbocycles. The summed E-state index contributed by atoms with van der Waals surface area (Å²) in [5.74, 6) is -0.537. The Morgan fingerprint density at radius 1 is 0.900 bits per heavy atom. The zero-order chi connectivity index (χ0) is 29.6. The summed E-state index contributed by atoms with van der Waals surface area (Å²) in [5.41, 5.74) is 3.74. The van der Waals surface area contributed by atoms with Crippen molar-refractivity contribution in [3.05, 3.63) is 93.5 Å². The number of rotatable bonds is 11. The lowest BCUT2D eigenvalue weighted by atomic mass is 10.1. The van der Waals surface area contributed by atoms with E-state index in [1.807, 2.05) is 71.0 Å². The van der Waals surface area contributed by atoms with Gasteiger partial charge in [0.25, 0.3) is 10.0 Å². The summed E-state index contributed by atoms with van der Waals surface area (Å²) in [4.78, 5) is 28.7. The van der Waals surface area contributed by atoms with Gasteiger partial charge < -0.3 is 10.2 Å². The number of carbonyl (C=O) groups excluding carboxylic acids is 2. The van der Waals surface area contributed by atoms with Gasteiger partial charge in [-0.3, -0.25) is 13.9 Å². The Bertz CT molecular complexity index is 1460. The number of benzene rings is 3. The lowest BCUT2D eigenvalue weighted by Gasteiger charge is -2.32. The highest BCUT2D eigenvalue weighted by molar-refractivity contribution is 9.10. The average Bonchev–Trinajstić information content (AvgIpc) is 2.90. The molecule has 40 heavy (non-hydrogen) atoms. The molecule has 0 aliphatic heterocycles. The van der Waals surface area contributed by atoms with Crippen LogP contribution >= 0.6 is 15.9 Å². The summed E-state index contributed by atoms with van der Waals surface area (Å²) in [6, 6.07) is 18.7. The molecule has 214 valence electrons. The summed E-state index contributed by atoms with van der Waals surface area (Å²) in [7, 11) is -4.11. The summed E-state index contributed by atoms with van der Waals surface area (Å²) in [6.45, 7) is 11.4. The van der Waals surface area contributed by atoms with E-state index in [-0.39, 0.29) is 23.3 Å². The molecule has 0 bridgehead atoms. The van der Waals surface area contributed by atoms with Crippen LogP contribution in [0.5, 0.6) is 0 Å². The molecule has 3 rings (SSSR count). The van der Waals surface area contributed by atoms with Crippen LogP contribution in [0.15, 0.2) is 76.1 Å². The normalized spacial score (nSPS) is 12.2. The molecule has 3 aromatic rings. The standard InChI is InChI=1S/C31H38BrN3O4S/c1-21(2)18-33-31(37)25(6)34(19-26-8-7-9-27(32)17-26)30(36)20-35(29-16-23(4)10-13-24(29)5)40(38,39)28-14-11-22(3)12-15-28/h7-17,21,25H,18-20H2,1-6H3,(H,33,37). The lowest BCUT2D eigenvalue weighted by molar-refractivity contribution is -0.139. The summed E-state index contributed by atoms with van der Waals surface area (Å²) in [6.07, 6.45) is 0. The molecule has 7 nitrogen and oxygen atoms in total. The molecular formula is C31H38BrN3O4S. The number of sulfonamides is 1. The van der Waals surface area contributed by atoms with Gasteiger partial charge in [-0.15, -0.1) is 0 Å². The molecule has 2 amide bonds. The van der Waals surface area contributed by atoms with Crippen molar-refractivity contribution in [2.75, 3.05) is 17.4 Å². The number of nitrogens with zero attached hydrogens (tertiary/aromatic N) is 2. The van der Waals surface area contributed by atoms with Crippen molar-refractivity contribution in [1.82, 2.24) is 10.2 Å². The maximum Gasteiger partial charge on any atom is 0.264 e. The minimum absolute atomic E-state index is 0.0908. The second kappa shape index (κ2) is 13.5. The number of hydrogen-bond donors (Lipinski definition) is 1. The molecule has 0 heterocycles. The number of halogens is 1. The fourth-order valence-corrected chi connectivity index (χ4v) is 6.12. The number of hydrogen-bond acceptors (Lipinski definition) is 4. The van der Waals surface area contributed by atoms with E-state index in [0.29, 0.717) is 12.2 Å². The third kappa shape index (κ3) is 7.95. The van der Waals surface area contributed by atoms with Gasteiger partial charge in [-0.1, -0.05) is 71.7 Å². The second-order valence-corrected chi connectivity index (χ2v) is 13.4. The SMILES string of the molecule is Cc1ccc(S(=O)(=O)N(CC(=O)N(Cc2cccc(Br)c2)C(C)C(=O)NCC(C)C)c2cc(C)ccc2C)cc1. The fraction of sp³-hybridized carbons (Fsp3) is 0.355. The number of anilines is 1. The van der Waals surface area contributed by atoms with Crippen molar-refractivity contribution in [3.8, 4) is 0 Å². The third-order valence-electron chi connectivity index (χ3n) is 6.61. The molecular weight excluding hydrogens is 590 g/mol. The molecule has 3 aromatic carbocycles. The van der Waals surface area contributed by atoms with E-state index in [0.717, 1.165) is 31.0 Å². The first-order valence-electron chi connectivity index (χ1n) is 13.3. The summed E-state index contributed by atoms with van der Waals surface area (Å²) in [5, 5.41) is 2.90. The van der Waals surface area contributed by atoms with Crippen LogP contribution in [0.3, 0.4) is 0 Å². The van der Waals surface area contributed by atoms with Crippen LogP contribution in [-0.4, -0.2) is 44.3 Å². The van der Waals surface area contributed by atoms with E-state index in [1.54, 1.807) is 37.3 Å². The van der Waals surface area contributed by atoms with E-state index in [9.17, 15) is 18.0 Å². The van der Waals surface area contributed by atoms with Crippen molar-refractivity contribution in [2.24, 2.45) is 5.92 Å². The Morgan fingerprint density at radius 3 is 2.17 bits per heavy atom. The molecule has 0 saturated heterocycles. The Kier molecular flexibility index (Phi) is 10.6. The molecule has 1 N–H and O–H groups in total. The molecule has 9 heteroatoms. The van der Waals surface area contributed by atoms with Crippen LogP contribution in [0, 0.1) is 26.7 Å². The van der Waals surface area contributed by atoms with Gasteiger partial charge in [0.05, 0.1) is 10.6 Å². The molecule has 0 aliphatic rings. The van der Waals surface area contributed by atoms with Crippen molar-refractivity contribution in [3.63, 3.8) is 0 Å². The predicted octanol–water partition coefficient (Wildman–Crippen LogP) is 5.76. The van der Waals surface area contributed by atoms with E-state index < -0.39 is 28.5 Å². The van der Waals surface area contributed by atoms with Crippen LogP contribution < -0.4 is 9.62 Å². The molecule has 0 aliphatic carbocycles. The van der Waals surface area contributed by atoms with Gasteiger partial charge in [-0.05, 0) is 80.6 Å². The molecule has 0 spiro atoms. The highest BCUT2D eigenvalue weighted by Gasteiger charge is 2.33. The zero-order valence-electron chi connectivity index (χ0n) is 23.9. The molecule has 1 atom stereocenters. The van der Waals surface area contributed by atoms with Gasteiger partial charge in [0.15, 0.2) is 0 Å². The first kappa shape index (κ1) is 31.4. The topological polar surface area (TPSA) is 86.8 Å². The highest BCUT2D eigenvalue weighted by Crippen LogP contribution is 2.29. The Morgan fingerprint density at radius 2 is 1.55 bits per heavy atom. The first-order chi connectivity index (χ1) is 18.8. The maximum absolute atomic E-state index is 14.1. The second-order valence-electron chi connectivity index (χ2n) is 10.6. The van der Waals surface area contributed by atoms with E-state index in [4.69, 9.17) is 0 Å². The van der Waals surface area contributed by atoms with Gasteiger partial charge >= 0.3 is 0 Å². The Balaban J connectivity index is 2.06. The van der Waals surface area contributed by atoms with Crippen molar-refractivity contribution in [2.45, 2.75) is 59.0 Å². The van der Waals surface area contributed by atoms with Crippen LogP contribution in [0.1, 0.15) is 43.0 Å². The maximum atomic E-state index is 14.1. The van der Waals surface area contributed by atoms with Crippen LogP contribution in [0.25, 0.3) is 0 Å². The summed E-state index contributed by atoms with van der Waals surface area (Å²) < 4.78 is 30.0. The lowest BCUT2D eigenvalue weighted by Crippen LogP contribution is -2.51. The number of carbonyl (C=O) groups is 2. The smallest absolute Gasteiger partial charge is 0.264 e. The quantitative estimate of drug-likeness (QED) is 0.293. The predicted molar refractivity (Wildman–Crippen MR) is 164 cm³/mol. The first-order valence-corrected chi connectivity index (χ1v) is 15.5. The minimum atomic E-state index is -4.11. The van der Waals surface area contributed by atoms with Gasteiger partial charge in [0.1, 0.15) is 12.6 Å². The average molecular weight is 629 g/mol. The highest BCUT2D eigenvalue weighted by atomic mass is 79.9. The van der Waals surface area contributed by atoms with E-state index >= 15 is 0 Å². The van der Waals surface area contributed by atoms with Gasteiger partial charge in [0, 0.05) is 17.6 Å². The van der Waals surface area contributed by atoms with Gasteiger partial charge in [-0.2, -0.15) is 0 Å². The number of aryl methyl sites for hydroxylation is 3. The van der Waals surface area contributed by atoms with Crippen molar-refractivity contribution in [1.29, 1.82) is 0 Å². The summed E-state index contributed by atoms with van der Waals surface area (Å²) >= 11 is 3.47. The fourth-order valence-electron chi connectivity index (χ4n) is 4.21. The number of amides is 2. The van der Waals surface area contributed by atoms with E-state index in [1.165, 1.54) is 4.90 Å². The molecule has 1 unspecified atom stereocenters. The number of nitrogens with one attached hydrogen (secondary N) is 1. The molecule has 0 fully saturated rings. The van der Waals surface area contributed by atoms with Crippen molar-refractivity contribution < 1.29 is 18.0 Å². The monoisotopic (exact) mass is 627 g/mol. The van der Waals surface area contributed by atoms with Crippen LogP contribution in [0.2, 0.25) is 0 Å². The minimum Gasteiger partial charge on any atom is -0.354 e. The van der Waals surface area contributed by atoms with E-state index in [2.05, 4.69) is 21.2 Å².